The number of carbonyl (C=O) groups excluding carboxylic acids is 1. The molecule has 0 aromatic heterocycles. The van der Waals surface area contributed by atoms with Crippen molar-refractivity contribution < 1.29 is 9.53 Å². The molecule has 0 aliphatic rings. The van der Waals surface area contributed by atoms with Crippen LogP contribution in [-0.2, 0) is 11.2 Å². The maximum atomic E-state index is 13.6. The molecule has 1 aromatic rings. The number of esters is 1. The first kappa shape index (κ1) is 41.7. The topological polar surface area (TPSA) is 26.3 Å². The Bertz CT molecular complexity index is 769. The van der Waals surface area contributed by atoms with Crippen molar-refractivity contribution in [2.45, 2.75) is 227 Å². The third-order valence-corrected chi connectivity index (χ3v) is 10.1. The molecule has 1 rings (SSSR count). The SMILES string of the molecule is CCCCCCCCCCCCCCC(C)(CCCCCCCCCCCC)C(=O)Oc1ccc(CCCCCCCC)cc1. The van der Waals surface area contributed by atoms with Gasteiger partial charge in [-0.15, -0.1) is 0 Å². The maximum absolute atomic E-state index is 13.6. The van der Waals surface area contributed by atoms with Gasteiger partial charge in [-0.25, -0.2) is 0 Å². The van der Waals surface area contributed by atoms with Gasteiger partial charge in [-0.05, 0) is 50.3 Å². The zero-order valence-electron chi connectivity index (χ0n) is 31.0. The molecule has 0 saturated heterocycles. The molecule has 262 valence electrons. The second-order valence-electron chi connectivity index (χ2n) is 14.7. The van der Waals surface area contributed by atoms with Gasteiger partial charge in [-0.2, -0.15) is 0 Å². The van der Waals surface area contributed by atoms with E-state index < -0.39 is 0 Å². The van der Waals surface area contributed by atoms with E-state index in [0.717, 1.165) is 37.9 Å². The molecule has 1 unspecified atom stereocenters. The molecule has 0 aliphatic carbocycles. The lowest BCUT2D eigenvalue weighted by Crippen LogP contribution is -2.32. The Morgan fingerprint density at radius 3 is 1.13 bits per heavy atom. The molecule has 0 fully saturated rings. The van der Waals surface area contributed by atoms with Crippen molar-refractivity contribution in [2.75, 3.05) is 0 Å². The second-order valence-corrected chi connectivity index (χ2v) is 14.7. The Morgan fingerprint density at radius 1 is 0.467 bits per heavy atom. The molecule has 0 aliphatic heterocycles. The maximum Gasteiger partial charge on any atom is 0.317 e. The summed E-state index contributed by atoms with van der Waals surface area (Å²) in [7, 11) is 0. The lowest BCUT2D eigenvalue weighted by Gasteiger charge is -2.27. The first-order valence-corrected chi connectivity index (χ1v) is 20.4. The molecule has 1 aromatic carbocycles. The number of unbranched alkanes of at least 4 members (excludes halogenated alkanes) is 25. The highest BCUT2D eigenvalue weighted by atomic mass is 16.5. The number of hydrogen-bond donors (Lipinski definition) is 0. The predicted molar refractivity (Wildman–Crippen MR) is 199 cm³/mol. The van der Waals surface area contributed by atoms with Gasteiger partial charge in [0.15, 0.2) is 0 Å². The molecule has 45 heavy (non-hydrogen) atoms. The lowest BCUT2D eigenvalue weighted by atomic mass is 9.79. The molecular formula is C43H78O2. The lowest BCUT2D eigenvalue weighted by molar-refractivity contribution is -0.146. The van der Waals surface area contributed by atoms with Crippen molar-refractivity contribution in [3.8, 4) is 5.75 Å². The minimum Gasteiger partial charge on any atom is -0.426 e. The van der Waals surface area contributed by atoms with E-state index in [1.165, 1.54) is 173 Å². The Morgan fingerprint density at radius 2 is 0.778 bits per heavy atom. The van der Waals surface area contributed by atoms with Crippen LogP contribution in [0.4, 0.5) is 0 Å². The predicted octanol–water partition coefficient (Wildman–Crippen LogP) is 14.9. The third-order valence-electron chi connectivity index (χ3n) is 10.1. The van der Waals surface area contributed by atoms with Gasteiger partial charge in [-0.3, -0.25) is 4.79 Å². The normalized spacial score (nSPS) is 12.8. The van der Waals surface area contributed by atoms with Gasteiger partial charge >= 0.3 is 5.97 Å². The summed E-state index contributed by atoms with van der Waals surface area (Å²) < 4.78 is 6.07. The van der Waals surface area contributed by atoms with E-state index in [0.29, 0.717) is 0 Å². The minimum absolute atomic E-state index is 0.00910. The fourth-order valence-corrected chi connectivity index (χ4v) is 6.75. The zero-order valence-corrected chi connectivity index (χ0v) is 31.0. The quantitative estimate of drug-likeness (QED) is 0.0441. The Balaban J connectivity index is 2.46. The van der Waals surface area contributed by atoms with Crippen LogP contribution in [0.2, 0.25) is 0 Å². The van der Waals surface area contributed by atoms with Crippen LogP contribution in [0.1, 0.15) is 226 Å². The molecule has 0 spiro atoms. The number of aryl methyl sites for hydroxylation is 1. The van der Waals surface area contributed by atoms with E-state index in [9.17, 15) is 4.79 Å². The Labute approximate surface area is 282 Å². The van der Waals surface area contributed by atoms with Crippen LogP contribution in [0.5, 0.6) is 5.75 Å². The molecule has 2 nitrogen and oxygen atoms in total. The van der Waals surface area contributed by atoms with Gasteiger partial charge in [-0.1, -0.05) is 206 Å². The van der Waals surface area contributed by atoms with Crippen LogP contribution in [0.15, 0.2) is 24.3 Å². The first-order valence-electron chi connectivity index (χ1n) is 20.4. The van der Waals surface area contributed by atoms with E-state index in [4.69, 9.17) is 4.74 Å². The van der Waals surface area contributed by atoms with Gasteiger partial charge in [0.2, 0.25) is 0 Å². The average molecular weight is 627 g/mol. The summed E-state index contributed by atoms with van der Waals surface area (Å²) in [6.45, 7) is 9.04. The molecule has 0 heterocycles. The van der Waals surface area contributed by atoms with Gasteiger partial charge in [0.1, 0.15) is 5.75 Å². The number of rotatable bonds is 33. The van der Waals surface area contributed by atoms with E-state index in [1.807, 2.05) is 12.1 Å². The fourth-order valence-electron chi connectivity index (χ4n) is 6.75. The van der Waals surface area contributed by atoms with Crippen molar-refractivity contribution >= 4 is 5.97 Å². The summed E-state index contributed by atoms with van der Waals surface area (Å²) in [6, 6.07) is 8.38. The van der Waals surface area contributed by atoms with Gasteiger partial charge in [0.25, 0.3) is 0 Å². The van der Waals surface area contributed by atoms with Gasteiger partial charge < -0.3 is 4.74 Å². The van der Waals surface area contributed by atoms with Crippen LogP contribution in [0.3, 0.4) is 0 Å². The number of ether oxygens (including phenoxy) is 1. The highest BCUT2D eigenvalue weighted by Crippen LogP contribution is 2.34. The Kier molecular flexibility index (Phi) is 27.9. The summed E-state index contributed by atoms with van der Waals surface area (Å²) in [4.78, 5) is 13.6. The van der Waals surface area contributed by atoms with E-state index in [-0.39, 0.29) is 11.4 Å². The van der Waals surface area contributed by atoms with Crippen LogP contribution >= 0.6 is 0 Å². The van der Waals surface area contributed by atoms with Crippen LogP contribution in [-0.4, -0.2) is 5.97 Å². The smallest absolute Gasteiger partial charge is 0.317 e. The fraction of sp³-hybridized carbons (Fsp3) is 0.837. The molecule has 0 N–H and O–H groups in total. The van der Waals surface area contributed by atoms with Crippen LogP contribution in [0.25, 0.3) is 0 Å². The summed E-state index contributed by atoms with van der Waals surface area (Å²) in [6.07, 6.45) is 40.5. The van der Waals surface area contributed by atoms with Gasteiger partial charge in [0, 0.05) is 0 Å². The molecule has 1 atom stereocenters. The molecule has 0 bridgehead atoms. The van der Waals surface area contributed by atoms with Crippen molar-refractivity contribution in [1.29, 1.82) is 0 Å². The Hall–Kier alpha value is -1.31. The number of hydrogen-bond acceptors (Lipinski definition) is 2. The molecule has 0 amide bonds. The minimum atomic E-state index is -0.379. The summed E-state index contributed by atoms with van der Waals surface area (Å²) in [5.74, 6) is 0.709. The first-order chi connectivity index (χ1) is 22.1. The summed E-state index contributed by atoms with van der Waals surface area (Å²) >= 11 is 0. The molecule has 2 heteroatoms. The molecule has 0 radical (unpaired) electrons. The van der Waals surface area contributed by atoms with Crippen molar-refractivity contribution in [3.05, 3.63) is 29.8 Å². The van der Waals surface area contributed by atoms with E-state index >= 15 is 0 Å². The third kappa shape index (κ3) is 23.6. The van der Waals surface area contributed by atoms with E-state index in [2.05, 4.69) is 39.8 Å². The molecular weight excluding hydrogens is 548 g/mol. The van der Waals surface area contributed by atoms with Crippen molar-refractivity contribution in [1.82, 2.24) is 0 Å². The highest BCUT2D eigenvalue weighted by molar-refractivity contribution is 5.78. The number of carbonyl (C=O) groups is 1. The number of benzene rings is 1. The zero-order chi connectivity index (χ0) is 32.7. The summed E-state index contributed by atoms with van der Waals surface area (Å²) in [5.41, 5.74) is 0.977. The van der Waals surface area contributed by atoms with Crippen molar-refractivity contribution in [3.63, 3.8) is 0 Å². The van der Waals surface area contributed by atoms with Gasteiger partial charge in [0.05, 0.1) is 5.41 Å². The monoisotopic (exact) mass is 627 g/mol. The highest BCUT2D eigenvalue weighted by Gasteiger charge is 2.34. The standard InChI is InChI=1S/C43H78O2/c1-5-8-11-14-17-19-21-22-24-26-29-32-39-43(4,38-31-28-25-23-20-18-15-12-9-6-2)42(44)45-41-36-34-40(35-37-41)33-30-27-16-13-10-7-3/h34-37H,5-33,38-39H2,1-4H3. The average Bonchev–Trinajstić information content (AvgIpc) is 3.05. The molecule has 0 saturated carbocycles. The van der Waals surface area contributed by atoms with Crippen LogP contribution in [0, 0.1) is 5.41 Å². The second kappa shape index (κ2) is 30.1. The largest absolute Gasteiger partial charge is 0.426 e. The van der Waals surface area contributed by atoms with Crippen LogP contribution < -0.4 is 4.74 Å². The summed E-state index contributed by atoms with van der Waals surface area (Å²) in [5, 5.41) is 0. The van der Waals surface area contributed by atoms with E-state index in [1.54, 1.807) is 0 Å². The van der Waals surface area contributed by atoms with Crippen molar-refractivity contribution in [2.24, 2.45) is 5.41 Å².